The topological polar surface area (TPSA) is 68.5 Å². The third-order valence-electron chi connectivity index (χ3n) is 5.77. The lowest BCUT2D eigenvalue weighted by Gasteiger charge is -2.18. The normalized spacial score (nSPS) is 13.8. The molecule has 164 valence electrons. The average Bonchev–Trinajstić information content (AvgIpc) is 3.28. The van der Waals surface area contributed by atoms with Crippen LogP contribution in [0.4, 0.5) is 5.00 Å². The summed E-state index contributed by atoms with van der Waals surface area (Å²) in [6.07, 6.45) is 5.82. The van der Waals surface area contributed by atoms with E-state index in [0.717, 1.165) is 47.8 Å². The Bertz CT molecular complexity index is 1130. The number of thiophene rings is 1. The number of amides is 1. The minimum Gasteiger partial charge on any atom is -0.464 e. The van der Waals surface area contributed by atoms with E-state index in [-0.39, 0.29) is 23.7 Å². The summed E-state index contributed by atoms with van der Waals surface area (Å²) in [5.41, 5.74) is 4.41. The molecule has 1 N–H and O–H groups in total. The van der Waals surface area contributed by atoms with Gasteiger partial charge in [-0.15, -0.1) is 11.3 Å². The van der Waals surface area contributed by atoms with Gasteiger partial charge in [0.1, 0.15) is 10.6 Å². The number of nitrogens with one attached hydrogen (secondary N) is 1. The summed E-state index contributed by atoms with van der Waals surface area (Å²) < 4.78 is 11.0. The van der Waals surface area contributed by atoms with Crippen molar-refractivity contribution in [2.75, 3.05) is 11.9 Å². The van der Waals surface area contributed by atoms with Gasteiger partial charge in [0.15, 0.2) is 0 Å². The Kier molecular flexibility index (Phi) is 5.93. The zero-order valence-corrected chi connectivity index (χ0v) is 19.4. The van der Waals surface area contributed by atoms with Crippen LogP contribution >= 0.6 is 11.3 Å². The largest absolute Gasteiger partial charge is 0.464 e. The quantitative estimate of drug-likeness (QED) is 0.493. The van der Waals surface area contributed by atoms with Gasteiger partial charge in [-0.25, -0.2) is 4.79 Å². The summed E-state index contributed by atoms with van der Waals surface area (Å²) >= 11 is 1.51. The van der Waals surface area contributed by atoms with Crippen LogP contribution in [0.5, 0.6) is 0 Å². The molecule has 2 heterocycles. The number of ether oxygens (including phenoxy) is 1. The second kappa shape index (κ2) is 8.50. The number of furan rings is 1. The monoisotopic (exact) mass is 439 g/mol. The first-order valence-corrected chi connectivity index (χ1v) is 11.7. The molecule has 1 aliphatic rings. The number of anilines is 1. The van der Waals surface area contributed by atoms with E-state index >= 15 is 0 Å². The zero-order chi connectivity index (χ0) is 22.2. The summed E-state index contributed by atoms with van der Waals surface area (Å²) in [5.74, 6) is -0.506. The van der Waals surface area contributed by atoms with E-state index in [1.807, 2.05) is 6.07 Å². The van der Waals surface area contributed by atoms with Crippen molar-refractivity contribution < 1.29 is 18.7 Å². The van der Waals surface area contributed by atoms with Crippen molar-refractivity contribution in [1.82, 2.24) is 0 Å². The van der Waals surface area contributed by atoms with Crippen LogP contribution in [0.3, 0.4) is 0 Å². The molecule has 0 saturated carbocycles. The molecular formula is C25H29NO4S. The average molecular weight is 440 g/mol. The molecule has 0 unspecified atom stereocenters. The Hall–Kier alpha value is -2.60. The zero-order valence-electron chi connectivity index (χ0n) is 18.6. The van der Waals surface area contributed by atoms with Crippen LogP contribution in [-0.4, -0.2) is 18.5 Å². The molecule has 1 amide bonds. The molecule has 2 aromatic heterocycles. The van der Waals surface area contributed by atoms with E-state index in [4.69, 9.17) is 9.15 Å². The molecule has 1 aliphatic carbocycles. The van der Waals surface area contributed by atoms with Gasteiger partial charge in [-0.1, -0.05) is 26.8 Å². The second-order valence-corrected chi connectivity index (χ2v) is 10.2. The van der Waals surface area contributed by atoms with Crippen molar-refractivity contribution in [3.8, 4) is 0 Å². The van der Waals surface area contributed by atoms with Gasteiger partial charge in [0.05, 0.1) is 24.9 Å². The highest BCUT2D eigenvalue weighted by Gasteiger charge is 2.27. The summed E-state index contributed by atoms with van der Waals surface area (Å²) in [6, 6.07) is 6.14. The lowest BCUT2D eigenvalue weighted by Crippen LogP contribution is -2.17. The number of fused-ring (bicyclic) bond motifs is 2. The highest BCUT2D eigenvalue weighted by molar-refractivity contribution is 7.17. The maximum atomic E-state index is 13.0. The van der Waals surface area contributed by atoms with Gasteiger partial charge in [0.2, 0.25) is 5.91 Å². The summed E-state index contributed by atoms with van der Waals surface area (Å²) in [4.78, 5) is 26.8. The molecule has 0 radical (unpaired) electrons. The van der Waals surface area contributed by atoms with E-state index in [9.17, 15) is 9.59 Å². The Labute approximate surface area is 186 Å². The molecule has 5 nitrogen and oxygen atoms in total. The fourth-order valence-electron chi connectivity index (χ4n) is 4.10. The van der Waals surface area contributed by atoms with Gasteiger partial charge < -0.3 is 14.5 Å². The van der Waals surface area contributed by atoms with Gasteiger partial charge in [-0.05, 0) is 61.3 Å². The van der Waals surface area contributed by atoms with Crippen LogP contribution in [0.1, 0.15) is 72.5 Å². The highest BCUT2D eigenvalue weighted by Crippen LogP contribution is 2.39. The number of hydrogen-bond acceptors (Lipinski definition) is 5. The summed E-state index contributed by atoms with van der Waals surface area (Å²) in [7, 11) is 0. The first-order valence-electron chi connectivity index (χ1n) is 10.9. The smallest absolute Gasteiger partial charge is 0.341 e. The van der Waals surface area contributed by atoms with Crippen molar-refractivity contribution in [2.24, 2.45) is 0 Å². The molecule has 0 fully saturated rings. The van der Waals surface area contributed by atoms with Crippen LogP contribution in [0.15, 0.2) is 28.9 Å². The maximum absolute atomic E-state index is 13.0. The van der Waals surface area contributed by atoms with Crippen molar-refractivity contribution in [2.45, 2.75) is 65.2 Å². The first kappa shape index (κ1) is 21.6. The summed E-state index contributed by atoms with van der Waals surface area (Å²) in [5, 5.41) is 4.56. The fourth-order valence-corrected chi connectivity index (χ4v) is 5.40. The van der Waals surface area contributed by atoms with Gasteiger partial charge in [-0.2, -0.15) is 0 Å². The standard InChI is InChI=1S/C25H29NO4S/c1-5-29-24(28)22-17-8-6-7-9-20(17)31-23(22)26-21(27)12-15-14-30-19-11-10-16(13-18(15)19)25(2,3)4/h10-11,13-14H,5-9,12H2,1-4H3,(H,26,27). The van der Waals surface area contributed by atoms with Crippen LogP contribution in [0.25, 0.3) is 11.0 Å². The van der Waals surface area contributed by atoms with Gasteiger partial charge in [0.25, 0.3) is 0 Å². The third kappa shape index (κ3) is 4.40. The number of esters is 1. The predicted molar refractivity (Wildman–Crippen MR) is 124 cm³/mol. The second-order valence-electron chi connectivity index (χ2n) is 9.08. The Morgan fingerprint density at radius 1 is 1.19 bits per heavy atom. The molecule has 6 heteroatoms. The maximum Gasteiger partial charge on any atom is 0.341 e. The van der Waals surface area contributed by atoms with Crippen molar-refractivity contribution in [1.29, 1.82) is 0 Å². The fraction of sp³-hybridized carbons (Fsp3) is 0.440. The molecule has 0 bridgehead atoms. The molecule has 0 spiro atoms. The number of carbonyl (C=O) groups excluding carboxylic acids is 2. The highest BCUT2D eigenvalue weighted by atomic mass is 32.1. The number of rotatable bonds is 5. The Morgan fingerprint density at radius 2 is 1.97 bits per heavy atom. The van der Waals surface area contributed by atoms with Crippen LogP contribution in [-0.2, 0) is 34.2 Å². The van der Waals surface area contributed by atoms with Crippen LogP contribution in [0.2, 0.25) is 0 Å². The molecule has 4 rings (SSSR count). The third-order valence-corrected chi connectivity index (χ3v) is 6.98. The number of carbonyl (C=O) groups is 2. The number of aryl methyl sites for hydroxylation is 1. The molecular weight excluding hydrogens is 410 g/mol. The van der Waals surface area contributed by atoms with Crippen LogP contribution in [0, 0.1) is 0 Å². The van der Waals surface area contributed by atoms with Crippen molar-refractivity contribution >= 4 is 39.2 Å². The number of hydrogen-bond donors (Lipinski definition) is 1. The molecule has 0 atom stereocenters. The lowest BCUT2D eigenvalue weighted by atomic mass is 9.86. The van der Waals surface area contributed by atoms with E-state index in [0.29, 0.717) is 17.2 Å². The van der Waals surface area contributed by atoms with Crippen molar-refractivity contribution in [3.05, 3.63) is 51.6 Å². The molecule has 1 aromatic carbocycles. The van der Waals surface area contributed by atoms with E-state index in [1.165, 1.54) is 21.8 Å². The van der Waals surface area contributed by atoms with Gasteiger partial charge >= 0.3 is 5.97 Å². The minimum atomic E-state index is -0.347. The van der Waals surface area contributed by atoms with Crippen LogP contribution < -0.4 is 5.32 Å². The predicted octanol–water partition coefficient (Wildman–Crippen LogP) is 6.03. The van der Waals surface area contributed by atoms with Gasteiger partial charge in [0, 0.05) is 15.8 Å². The first-order chi connectivity index (χ1) is 14.8. The lowest BCUT2D eigenvalue weighted by molar-refractivity contribution is -0.115. The summed E-state index contributed by atoms with van der Waals surface area (Å²) in [6.45, 7) is 8.60. The molecule has 3 aromatic rings. The van der Waals surface area contributed by atoms with Crippen molar-refractivity contribution in [3.63, 3.8) is 0 Å². The number of benzene rings is 1. The van der Waals surface area contributed by atoms with E-state index < -0.39 is 0 Å². The molecule has 0 aliphatic heterocycles. The van der Waals surface area contributed by atoms with E-state index in [1.54, 1.807) is 13.2 Å². The molecule has 0 saturated heterocycles. The molecule has 31 heavy (non-hydrogen) atoms. The SMILES string of the molecule is CCOC(=O)c1c(NC(=O)Cc2coc3ccc(C(C)(C)C)cc23)sc2c1CCCC2. The van der Waals surface area contributed by atoms with Gasteiger partial charge in [-0.3, -0.25) is 4.79 Å². The minimum absolute atomic E-state index is 0.00949. The Morgan fingerprint density at radius 3 is 2.71 bits per heavy atom. The Balaban J connectivity index is 1.60. The van der Waals surface area contributed by atoms with E-state index in [2.05, 4.69) is 38.2 Å².